The normalized spacial score (nSPS) is 17.8. The first-order chi connectivity index (χ1) is 6.43. The zero-order valence-corrected chi connectivity index (χ0v) is 10.9. The Morgan fingerprint density at radius 1 is 1.00 bits per heavy atom. The maximum atomic E-state index is 2.94. The predicted octanol–water partition coefficient (Wildman–Crippen LogP) is 5.16. The standard InChI is InChI=1S/C11H22.CH3Br/c1-2-3-5-8-11-9-6-4-7-10-11;1-2/h11H,2-10H2,1H3;1H3. The highest BCUT2D eigenvalue weighted by atomic mass is 79.9. The van der Waals surface area contributed by atoms with E-state index in [1.165, 1.54) is 57.8 Å². The zero-order valence-electron chi connectivity index (χ0n) is 9.32. The lowest BCUT2D eigenvalue weighted by Crippen LogP contribution is -2.05. The Bertz CT molecular complexity index is 85.1. The van der Waals surface area contributed by atoms with E-state index in [4.69, 9.17) is 0 Å². The summed E-state index contributed by atoms with van der Waals surface area (Å²) in [4.78, 5) is 0. The molecule has 1 saturated carbocycles. The third kappa shape index (κ3) is 7.54. The van der Waals surface area contributed by atoms with Crippen LogP contribution in [0.3, 0.4) is 0 Å². The molecule has 80 valence electrons. The molecule has 0 aromatic carbocycles. The Labute approximate surface area is 92.6 Å². The van der Waals surface area contributed by atoms with E-state index in [2.05, 4.69) is 22.9 Å². The molecule has 0 aliphatic heterocycles. The molecule has 0 nitrogen and oxygen atoms in total. The molecular formula is C12H25Br. The summed E-state index contributed by atoms with van der Waals surface area (Å²) in [6.45, 7) is 2.29. The first kappa shape index (κ1) is 13.5. The largest absolute Gasteiger partial charge is 0.0966 e. The summed E-state index contributed by atoms with van der Waals surface area (Å²) in [5.41, 5.74) is 0. The Kier molecular flexibility index (Phi) is 11.0. The molecule has 0 aromatic rings. The van der Waals surface area contributed by atoms with Gasteiger partial charge < -0.3 is 0 Å². The molecule has 13 heavy (non-hydrogen) atoms. The van der Waals surface area contributed by atoms with Crippen LogP contribution < -0.4 is 0 Å². The van der Waals surface area contributed by atoms with Crippen LogP contribution >= 0.6 is 15.9 Å². The third-order valence-corrected chi connectivity index (χ3v) is 2.94. The van der Waals surface area contributed by atoms with Gasteiger partial charge in [0.05, 0.1) is 0 Å². The Morgan fingerprint density at radius 2 is 1.62 bits per heavy atom. The minimum atomic E-state index is 1.11. The second-order valence-electron chi connectivity index (χ2n) is 4.00. The summed E-state index contributed by atoms with van der Waals surface area (Å²) >= 11 is 2.94. The van der Waals surface area contributed by atoms with Crippen LogP contribution in [0.1, 0.15) is 64.7 Å². The van der Waals surface area contributed by atoms with E-state index in [0.717, 1.165) is 5.92 Å². The van der Waals surface area contributed by atoms with E-state index < -0.39 is 0 Å². The number of unbranched alkanes of at least 4 members (excludes halogenated alkanes) is 2. The SMILES string of the molecule is CBr.CCCCCC1CCCCC1. The smallest absolute Gasteiger partial charge is 0.00848 e. The number of hydrogen-bond donors (Lipinski definition) is 0. The zero-order chi connectivity index (χ0) is 9.94. The molecule has 0 atom stereocenters. The molecule has 0 spiro atoms. The topological polar surface area (TPSA) is 0 Å². The van der Waals surface area contributed by atoms with Gasteiger partial charge in [-0.15, -0.1) is 0 Å². The van der Waals surface area contributed by atoms with Gasteiger partial charge in [-0.1, -0.05) is 80.6 Å². The maximum absolute atomic E-state index is 2.94. The summed E-state index contributed by atoms with van der Waals surface area (Å²) in [7, 11) is 0. The summed E-state index contributed by atoms with van der Waals surface area (Å²) in [5, 5.41) is 0. The molecule has 0 bridgehead atoms. The summed E-state index contributed by atoms with van der Waals surface area (Å²) in [5.74, 6) is 2.92. The first-order valence-electron chi connectivity index (χ1n) is 5.81. The highest BCUT2D eigenvalue weighted by Crippen LogP contribution is 2.27. The molecule has 0 saturated heterocycles. The Morgan fingerprint density at radius 3 is 2.15 bits per heavy atom. The summed E-state index contributed by atoms with van der Waals surface area (Å²) in [6.07, 6.45) is 13.4. The highest BCUT2D eigenvalue weighted by molar-refractivity contribution is 9.08. The quantitative estimate of drug-likeness (QED) is 0.477. The van der Waals surface area contributed by atoms with Gasteiger partial charge in [0.25, 0.3) is 0 Å². The average molecular weight is 249 g/mol. The van der Waals surface area contributed by atoms with Crippen molar-refractivity contribution in [1.29, 1.82) is 0 Å². The van der Waals surface area contributed by atoms with Gasteiger partial charge in [0, 0.05) is 0 Å². The Balaban J connectivity index is 0.000000671. The molecule has 1 fully saturated rings. The first-order valence-corrected chi connectivity index (χ1v) is 7.40. The fourth-order valence-electron chi connectivity index (χ4n) is 2.16. The van der Waals surface area contributed by atoms with Gasteiger partial charge in [0.15, 0.2) is 0 Å². The molecule has 1 rings (SSSR count). The van der Waals surface area contributed by atoms with Crippen molar-refractivity contribution in [1.82, 2.24) is 0 Å². The summed E-state index contributed by atoms with van der Waals surface area (Å²) in [6, 6.07) is 0. The van der Waals surface area contributed by atoms with Crippen LogP contribution in [0.4, 0.5) is 0 Å². The van der Waals surface area contributed by atoms with Gasteiger partial charge in [-0.2, -0.15) is 0 Å². The van der Waals surface area contributed by atoms with Crippen molar-refractivity contribution in [3.63, 3.8) is 0 Å². The minimum absolute atomic E-state index is 1.11. The fraction of sp³-hybridized carbons (Fsp3) is 1.00. The van der Waals surface area contributed by atoms with Crippen LogP contribution in [0.15, 0.2) is 0 Å². The predicted molar refractivity (Wildman–Crippen MR) is 65.6 cm³/mol. The highest BCUT2D eigenvalue weighted by Gasteiger charge is 2.11. The molecule has 0 radical (unpaired) electrons. The van der Waals surface area contributed by atoms with Crippen LogP contribution in [0, 0.1) is 5.92 Å². The van der Waals surface area contributed by atoms with E-state index in [1.807, 2.05) is 5.83 Å². The van der Waals surface area contributed by atoms with Crippen LogP contribution in [-0.4, -0.2) is 5.83 Å². The maximum Gasteiger partial charge on any atom is -0.00848 e. The number of rotatable bonds is 4. The van der Waals surface area contributed by atoms with Crippen molar-refractivity contribution in [3.05, 3.63) is 0 Å². The van der Waals surface area contributed by atoms with Gasteiger partial charge in [0.2, 0.25) is 0 Å². The second-order valence-corrected chi connectivity index (χ2v) is 4.00. The van der Waals surface area contributed by atoms with Crippen molar-refractivity contribution in [2.75, 3.05) is 5.83 Å². The van der Waals surface area contributed by atoms with Crippen LogP contribution in [0.25, 0.3) is 0 Å². The molecule has 0 N–H and O–H groups in total. The van der Waals surface area contributed by atoms with E-state index in [1.54, 1.807) is 0 Å². The monoisotopic (exact) mass is 248 g/mol. The molecule has 1 aliphatic rings. The second kappa shape index (κ2) is 10.6. The van der Waals surface area contributed by atoms with Gasteiger partial charge in [0.1, 0.15) is 0 Å². The van der Waals surface area contributed by atoms with Crippen molar-refractivity contribution in [3.8, 4) is 0 Å². The minimum Gasteiger partial charge on any atom is -0.0966 e. The molecule has 1 aliphatic carbocycles. The van der Waals surface area contributed by atoms with Crippen molar-refractivity contribution in [2.24, 2.45) is 5.92 Å². The van der Waals surface area contributed by atoms with Crippen molar-refractivity contribution >= 4 is 15.9 Å². The molecule has 1 heteroatoms. The fourth-order valence-corrected chi connectivity index (χ4v) is 2.16. The lowest BCUT2D eigenvalue weighted by molar-refractivity contribution is 0.329. The van der Waals surface area contributed by atoms with Crippen LogP contribution in [-0.2, 0) is 0 Å². The molecule has 0 amide bonds. The van der Waals surface area contributed by atoms with Crippen molar-refractivity contribution in [2.45, 2.75) is 64.7 Å². The number of halogens is 1. The van der Waals surface area contributed by atoms with Gasteiger partial charge in [-0.3, -0.25) is 0 Å². The third-order valence-electron chi connectivity index (χ3n) is 2.94. The van der Waals surface area contributed by atoms with Crippen LogP contribution in [0.2, 0.25) is 0 Å². The van der Waals surface area contributed by atoms with Crippen molar-refractivity contribution < 1.29 is 0 Å². The lowest BCUT2D eigenvalue weighted by atomic mass is 9.86. The lowest BCUT2D eigenvalue weighted by Gasteiger charge is -2.20. The van der Waals surface area contributed by atoms with E-state index in [-0.39, 0.29) is 0 Å². The van der Waals surface area contributed by atoms with Gasteiger partial charge >= 0.3 is 0 Å². The average Bonchev–Trinajstić information content (AvgIpc) is 2.23. The van der Waals surface area contributed by atoms with E-state index in [9.17, 15) is 0 Å². The van der Waals surface area contributed by atoms with Gasteiger partial charge in [-0.25, -0.2) is 0 Å². The molecule has 0 aromatic heterocycles. The van der Waals surface area contributed by atoms with Crippen LogP contribution in [0.5, 0.6) is 0 Å². The van der Waals surface area contributed by atoms with Gasteiger partial charge in [-0.05, 0) is 11.8 Å². The molecular weight excluding hydrogens is 224 g/mol. The number of hydrogen-bond acceptors (Lipinski definition) is 0. The molecule has 0 unspecified atom stereocenters. The number of alkyl halides is 1. The summed E-state index contributed by atoms with van der Waals surface area (Å²) < 4.78 is 0. The molecule has 0 heterocycles. The van der Waals surface area contributed by atoms with E-state index in [0.29, 0.717) is 0 Å². The Hall–Kier alpha value is 0.480. The van der Waals surface area contributed by atoms with E-state index >= 15 is 0 Å².